The normalized spacial score (nSPS) is 10.2. The summed E-state index contributed by atoms with van der Waals surface area (Å²) < 4.78 is 5.72. The second-order valence-electron chi connectivity index (χ2n) is 4.41. The van der Waals surface area contributed by atoms with Crippen LogP contribution in [0.3, 0.4) is 0 Å². The number of rotatable bonds is 5. The number of nitrogens with zero attached hydrogens (tertiary/aromatic N) is 1. The largest absolute Gasteiger partial charge is 0.489 e. The van der Waals surface area contributed by atoms with Gasteiger partial charge in [-0.15, -0.1) is 0 Å². The van der Waals surface area contributed by atoms with Crippen LogP contribution in [0.2, 0.25) is 10.0 Å². The van der Waals surface area contributed by atoms with E-state index in [0.29, 0.717) is 23.2 Å². The van der Waals surface area contributed by atoms with Crippen LogP contribution in [0.1, 0.15) is 11.1 Å². The minimum atomic E-state index is 0.0641. The molecule has 0 heterocycles. The number of aliphatic imine (C=N–C) groups is 1. The lowest BCUT2D eigenvalue weighted by Gasteiger charge is -2.09. The van der Waals surface area contributed by atoms with Gasteiger partial charge in [0.2, 0.25) is 0 Å². The molecule has 110 valence electrons. The Morgan fingerprint density at radius 3 is 2.62 bits per heavy atom. The third-order valence-electron chi connectivity index (χ3n) is 2.75. The maximum absolute atomic E-state index is 6.10. The van der Waals surface area contributed by atoms with Crippen LogP contribution >= 0.6 is 23.2 Å². The van der Waals surface area contributed by atoms with Crippen LogP contribution in [0.5, 0.6) is 5.75 Å². The van der Waals surface area contributed by atoms with Gasteiger partial charge in [-0.05, 0) is 29.8 Å². The first kappa shape index (κ1) is 15.5. The van der Waals surface area contributed by atoms with Crippen molar-refractivity contribution in [3.63, 3.8) is 0 Å². The molecule has 21 heavy (non-hydrogen) atoms. The molecule has 0 saturated heterocycles. The molecule has 0 bridgehead atoms. The molecule has 0 spiro atoms. The summed E-state index contributed by atoms with van der Waals surface area (Å²) in [6.45, 7) is 0.781. The van der Waals surface area contributed by atoms with Crippen molar-refractivity contribution in [2.24, 2.45) is 16.5 Å². The lowest BCUT2D eigenvalue weighted by atomic mass is 10.2. The highest BCUT2D eigenvalue weighted by molar-refractivity contribution is 6.35. The van der Waals surface area contributed by atoms with Crippen LogP contribution in [-0.2, 0) is 13.2 Å². The Morgan fingerprint density at radius 1 is 1.10 bits per heavy atom. The third-order valence-corrected chi connectivity index (χ3v) is 3.34. The zero-order valence-corrected chi connectivity index (χ0v) is 12.7. The first-order chi connectivity index (χ1) is 10.0. The highest BCUT2D eigenvalue weighted by Gasteiger charge is 2.03. The molecule has 0 aliphatic carbocycles. The van der Waals surface area contributed by atoms with Crippen LogP contribution in [0.25, 0.3) is 0 Å². The summed E-state index contributed by atoms with van der Waals surface area (Å²) in [5, 5.41) is 1.18. The molecule has 0 aliphatic heterocycles. The zero-order chi connectivity index (χ0) is 15.2. The molecule has 0 aliphatic rings. The summed E-state index contributed by atoms with van der Waals surface area (Å²) in [4.78, 5) is 3.96. The average Bonchev–Trinajstić information content (AvgIpc) is 2.45. The van der Waals surface area contributed by atoms with E-state index < -0.39 is 0 Å². The van der Waals surface area contributed by atoms with E-state index >= 15 is 0 Å². The Morgan fingerprint density at radius 2 is 1.90 bits per heavy atom. The second-order valence-corrected chi connectivity index (χ2v) is 5.26. The Kier molecular flexibility index (Phi) is 5.31. The van der Waals surface area contributed by atoms with Gasteiger partial charge in [0.25, 0.3) is 0 Å². The lowest BCUT2D eigenvalue weighted by molar-refractivity contribution is 0.306. The minimum absolute atomic E-state index is 0.0641. The molecule has 6 heteroatoms. The van der Waals surface area contributed by atoms with E-state index in [1.165, 1.54) is 0 Å². The summed E-state index contributed by atoms with van der Waals surface area (Å²) in [5.41, 5.74) is 12.5. The van der Waals surface area contributed by atoms with E-state index in [2.05, 4.69) is 4.99 Å². The molecule has 0 unspecified atom stereocenters. The van der Waals surface area contributed by atoms with Gasteiger partial charge >= 0.3 is 0 Å². The lowest BCUT2D eigenvalue weighted by Crippen LogP contribution is -2.22. The van der Waals surface area contributed by atoms with Gasteiger partial charge in [0.05, 0.1) is 6.54 Å². The van der Waals surface area contributed by atoms with Crippen LogP contribution in [0.15, 0.2) is 47.5 Å². The van der Waals surface area contributed by atoms with E-state index in [0.717, 1.165) is 16.9 Å². The summed E-state index contributed by atoms with van der Waals surface area (Å²) >= 11 is 12.0. The van der Waals surface area contributed by atoms with E-state index in [1.807, 2.05) is 30.3 Å². The number of hydrogen-bond donors (Lipinski definition) is 2. The topological polar surface area (TPSA) is 73.6 Å². The average molecular weight is 324 g/mol. The Balaban J connectivity index is 2.03. The predicted molar refractivity (Wildman–Crippen MR) is 86.7 cm³/mol. The SMILES string of the molecule is NC(N)=NCc1cccc(OCc2ccc(Cl)cc2Cl)c1. The van der Waals surface area contributed by atoms with Gasteiger partial charge in [0, 0.05) is 15.6 Å². The van der Waals surface area contributed by atoms with Crippen molar-refractivity contribution in [3.8, 4) is 5.75 Å². The van der Waals surface area contributed by atoms with Crippen LogP contribution in [-0.4, -0.2) is 5.96 Å². The van der Waals surface area contributed by atoms with Crippen LogP contribution in [0.4, 0.5) is 0 Å². The number of halogens is 2. The Hall–Kier alpha value is -1.91. The van der Waals surface area contributed by atoms with Crippen molar-refractivity contribution in [2.75, 3.05) is 0 Å². The fraction of sp³-hybridized carbons (Fsp3) is 0.133. The summed E-state index contributed by atoms with van der Waals surface area (Å²) in [5.74, 6) is 0.790. The van der Waals surface area contributed by atoms with Gasteiger partial charge in [-0.3, -0.25) is 0 Å². The van der Waals surface area contributed by atoms with E-state index in [9.17, 15) is 0 Å². The maximum atomic E-state index is 6.10. The molecule has 2 aromatic rings. The monoisotopic (exact) mass is 323 g/mol. The molecular weight excluding hydrogens is 309 g/mol. The first-order valence-electron chi connectivity index (χ1n) is 6.25. The van der Waals surface area contributed by atoms with Gasteiger partial charge < -0.3 is 16.2 Å². The highest BCUT2D eigenvalue weighted by atomic mass is 35.5. The quantitative estimate of drug-likeness (QED) is 0.654. The van der Waals surface area contributed by atoms with Gasteiger partial charge in [0.15, 0.2) is 5.96 Å². The fourth-order valence-electron chi connectivity index (χ4n) is 1.72. The fourth-order valence-corrected chi connectivity index (χ4v) is 2.18. The van der Waals surface area contributed by atoms with Crippen molar-refractivity contribution >= 4 is 29.2 Å². The summed E-state index contributed by atoms with van der Waals surface area (Å²) in [6.07, 6.45) is 0. The molecule has 2 rings (SSSR count). The predicted octanol–water partition coefficient (Wildman–Crippen LogP) is 3.35. The number of hydrogen-bond acceptors (Lipinski definition) is 2. The van der Waals surface area contributed by atoms with E-state index in [4.69, 9.17) is 39.4 Å². The summed E-state index contributed by atoms with van der Waals surface area (Å²) in [6, 6.07) is 12.9. The number of benzene rings is 2. The molecule has 0 aromatic heterocycles. The van der Waals surface area contributed by atoms with E-state index in [1.54, 1.807) is 12.1 Å². The maximum Gasteiger partial charge on any atom is 0.186 e. The van der Waals surface area contributed by atoms with Gasteiger partial charge in [-0.2, -0.15) is 0 Å². The Labute approximate surface area is 133 Å². The molecule has 0 atom stereocenters. The molecule has 2 aromatic carbocycles. The molecule has 0 radical (unpaired) electrons. The van der Waals surface area contributed by atoms with Gasteiger partial charge in [-0.1, -0.05) is 41.4 Å². The standard InChI is InChI=1S/C15H15Cl2N3O/c16-12-5-4-11(14(17)7-12)9-21-13-3-1-2-10(6-13)8-20-15(18)19/h1-7H,8-9H2,(H4,18,19,20). The Bertz CT molecular complexity index is 655. The highest BCUT2D eigenvalue weighted by Crippen LogP contribution is 2.23. The second kappa shape index (κ2) is 7.20. The molecule has 4 nitrogen and oxygen atoms in total. The smallest absolute Gasteiger partial charge is 0.186 e. The molecule has 0 fully saturated rings. The van der Waals surface area contributed by atoms with Gasteiger partial charge in [0.1, 0.15) is 12.4 Å². The minimum Gasteiger partial charge on any atom is -0.489 e. The van der Waals surface area contributed by atoms with E-state index in [-0.39, 0.29) is 5.96 Å². The van der Waals surface area contributed by atoms with Crippen LogP contribution in [0, 0.1) is 0 Å². The molecular formula is C15H15Cl2N3O. The zero-order valence-electron chi connectivity index (χ0n) is 11.2. The molecule has 0 amide bonds. The van der Waals surface area contributed by atoms with Gasteiger partial charge in [-0.25, -0.2) is 4.99 Å². The first-order valence-corrected chi connectivity index (χ1v) is 7.01. The third kappa shape index (κ3) is 4.85. The van der Waals surface area contributed by atoms with Crippen LogP contribution < -0.4 is 16.2 Å². The van der Waals surface area contributed by atoms with Crippen molar-refractivity contribution < 1.29 is 4.74 Å². The van der Waals surface area contributed by atoms with Crippen molar-refractivity contribution in [1.29, 1.82) is 0 Å². The molecule has 0 saturated carbocycles. The van der Waals surface area contributed by atoms with Crippen molar-refractivity contribution in [2.45, 2.75) is 13.2 Å². The molecule has 4 N–H and O–H groups in total. The van der Waals surface area contributed by atoms with Crippen molar-refractivity contribution in [1.82, 2.24) is 0 Å². The number of guanidine groups is 1. The van der Waals surface area contributed by atoms with Crippen molar-refractivity contribution in [3.05, 3.63) is 63.6 Å². The number of ether oxygens (including phenoxy) is 1. The summed E-state index contributed by atoms with van der Waals surface area (Å²) in [7, 11) is 0. The number of nitrogens with two attached hydrogens (primary N) is 2.